The van der Waals surface area contributed by atoms with E-state index < -0.39 is 5.54 Å². The minimum absolute atomic E-state index is 0.112. The average Bonchev–Trinajstić information content (AvgIpc) is 2.86. The van der Waals surface area contributed by atoms with Gasteiger partial charge in [-0.05, 0) is 32.3 Å². The topological polar surface area (TPSA) is 87.8 Å². The molecular weight excluding hydrogens is 324 g/mol. The SMILES string of the molecule is Cc1sc2ncn(CC(=O)NC3(C#N)CCCCC3)c(=O)c2c1C. The van der Waals surface area contributed by atoms with Gasteiger partial charge in [-0.3, -0.25) is 14.2 Å². The summed E-state index contributed by atoms with van der Waals surface area (Å²) in [5, 5.41) is 12.9. The molecule has 24 heavy (non-hydrogen) atoms. The van der Waals surface area contributed by atoms with Gasteiger partial charge in [0.1, 0.15) is 16.9 Å². The number of carbonyl (C=O) groups excluding carboxylic acids is 1. The van der Waals surface area contributed by atoms with Crippen LogP contribution in [0.5, 0.6) is 0 Å². The number of thiophene rings is 1. The lowest BCUT2D eigenvalue weighted by Crippen LogP contribution is -2.50. The standard InChI is InChI=1S/C17H20N4O2S/c1-11-12(2)24-15-14(11)16(23)21(10-19-15)8-13(22)20-17(9-18)6-4-3-5-7-17/h10H,3-8H2,1-2H3,(H,20,22). The second-order valence-corrected chi connectivity index (χ2v) is 7.65. The van der Waals surface area contributed by atoms with E-state index in [-0.39, 0.29) is 18.0 Å². The molecule has 0 unspecified atom stereocenters. The van der Waals surface area contributed by atoms with Crippen molar-refractivity contribution in [2.45, 2.75) is 58.0 Å². The molecule has 126 valence electrons. The Balaban J connectivity index is 1.83. The number of nitriles is 1. The zero-order valence-corrected chi connectivity index (χ0v) is 14.7. The summed E-state index contributed by atoms with van der Waals surface area (Å²) in [5.41, 5.74) is -0.0691. The van der Waals surface area contributed by atoms with E-state index in [0.29, 0.717) is 23.1 Å². The van der Waals surface area contributed by atoms with Crippen LogP contribution in [0.1, 0.15) is 42.5 Å². The lowest BCUT2D eigenvalue weighted by Gasteiger charge is -2.31. The molecule has 0 radical (unpaired) electrons. The molecule has 3 rings (SSSR count). The minimum atomic E-state index is -0.786. The van der Waals surface area contributed by atoms with Crippen LogP contribution in [-0.2, 0) is 11.3 Å². The smallest absolute Gasteiger partial charge is 0.262 e. The van der Waals surface area contributed by atoms with E-state index in [9.17, 15) is 14.9 Å². The van der Waals surface area contributed by atoms with Crippen molar-refractivity contribution in [3.05, 3.63) is 27.1 Å². The molecule has 0 atom stereocenters. The fraction of sp³-hybridized carbons (Fsp3) is 0.529. The van der Waals surface area contributed by atoms with Gasteiger partial charge in [-0.2, -0.15) is 5.26 Å². The monoisotopic (exact) mass is 344 g/mol. The Labute approximate surface area is 144 Å². The second-order valence-electron chi connectivity index (χ2n) is 6.44. The Hall–Kier alpha value is -2.20. The van der Waals surface area contributed by atoms with Crippen LogP contribution in [0.2, 0.25) is 0 Å². The molecule has 0 bridgehead atoms. The van der Waals surface area contributed by atoms with E-state index in [4.69, 9.17) is 0 Å². The molecule has 1 aliphatic rings. The van der Waals surface area contributed by atoms with Crippen molar-refractivity contribution in [1.29, 1.82) is 5.26 Å². The average molecular weight is 344 g/mol. The van der Waals surface area contributed by atoms with Gasteiger partial charge in [0.25, 0.3) is 5.56 Å². The van der Waals surface area contributed by atoms with Crippen molar-refractivity contribution in [1.82, 2.24) is 14.9 Å². The van der Waals surface area contributed by atoms with Gasteiger partial charge in [0.2, 0.25) is 5.91 Å². The van der Waals surface area contributed by atoms with Crippen LogP contribution < -0.4 is 10.9 Å². The van der Waals surface area contributed by atoms with E-state index in [1.165, 1.54) is 22.2 Å². The van der Waals surface area contributed by atoms with Crippen molar-refractivity contribution in [3.8, 4) is 6.07 Å². The lowest BCUT2D eigenvalue weighted by molar-refractivity contribution is -0.123. The van der Waals surface area contributed by atoms with E-state index in [1.807, 2.05) is 13.8 Å². The van der Waals surface area contributed by atoms with Crippen molar-refractivity contribution < 1.29 is 4.79 Å². The summed E-state index contributed by atoms with van der Waals surface area (Å²) in [5.74, 6) is -0.314. The molecule has 0 saturated heterocycles. The summed E-state index contributed by atoms with van der Waals surface area (Å²) in [6, 6.07) is 2.26. The molecule has 1 N–H and O–H groups in total. The van der Waals surface area contributed by atoms with E-state index >= 15 is 0 Å². The van der Waals surface area contributed by atoms with Crippen LogP contribution in [0.15, 0.2) is 11.1 Å². The summed E-state index contributed by atoms with van der Waals surface area (Å²) >= 11 is 1.48. The van der Waals surface area contributed by atoms with Gasteiger partial charge in [0, 0.05) is 4.88 Å². The van der Waals surface area contributed by atoms with Crippen molar-refractivity contribution in [2.75, 3.05) is 0 Å². The Morgan fingerprint density at radius 2 is 2.12 bits per heavy atom. The molecule has 2 aromatic rings. The lowest BCUT2D eigenvalue weighted by atomic mass is 9.83. The summed E-state index contributed by atoms with van der Waals surface area (Å²) in [7, 11) is 0. The number of hydrogen-bond acceptors (Lipinski definition) is 5. The first-order valence-corrected chi connectivity index (χ1v) is 8.95. The van der Waals surface area contributed by atoms with E-state index in [2.05, 4.69) is 16.4 Å². The molecule has 2 aromatic heterocycles. The molecule has 0 aromatic carbocycles. The highest BCUT2D eigenvalue weighted by Gasteiger charge is 2.33. The molecule has 1 fully saturated rings. The largest absolute Gasteiger partial charge is 0.336 e. The third kappa shape index (κ3) is 2.94. The molecule has 0 spiro atoms. The molecule has 1 saturated carbocycles. The highest BCUT2D eigenvalue weighted by molar-refractivity contribution is 7.18. The van der Waals surface area contributed by atoms with Crippen LogP contribution in [0.4, 0.5) is 0 Å². The first-order valence-electron chi connectivity index (χ1n) is 8.13. The highest BCUT2D eigenvalue weighted by atomic mass is 32.1. The first kappa shape index (κ1) is 16.7. The van der Waals surface area contributed by atoms with Crippen molar-refractivity contribution in [3.63, 3.8) is 0 Å². The minimum Gasteiger partial charge on any atom is -0.336 e. The van der Waals surface area contributed by atoms with Crippen molar-refractivity contribution >= 4 is 27.5 Å². The van der Waals surface area contributed by atoms with Gasteiger partial charge in [-0.1, -0.05) is 19.3 Å². The summed E-state index contributed by atoms with van der Waals surface area (Å²) in [6.45, 7) is 3.74. The van der Waals surface area contributed by atoms with Crippen LogP contribution in [0.3, 0.4) is 0 Å². The Morgan fingerprint density at radius 3 is 2.79 bits per heavy atom. The quantitative estimate of drug-likeness (QED) is 0.926. The van der Waals surface area contributed by atoms with Gasteiger partial charge in [-0.15, -0.1) is 11.3 Å². The van der Waals surface area contributed by atoms with Crippen LogP contribution in [-0.4, -0.2) is 21.0 Å². The maximum absolute atomic E-state index is 12.6. The molecule has 0 aliphatic heterocycles. The number of rotatable bonds is 3. The van der Waals surface area contributed by atoms with Gasteiger partial charge < -0.3 is 5.32 Å². The van der Waals surface area contributed by atoms with E-state index in [0.717, 1.165) is 29.7 Å². The molecule has 1 aliphatic carbocycles. The third-order valence-electron chi connectivity index (χ3n) is 4.77. The third-order valence-corrected chi connectivity index (χ3v) is 5.88. The van der Waals surface area contributed by atoms with Gasteiger partial charge in [0.15, 0.2) is 0 Å². The maximum atomic E-state index is 12.6. The van der Waals surface area contributed by atoms with Gasteiger partial charge in [-0.25, -0.2) is 4.98 Å². The summed E-state index contributed by atoms with van der Waals surface area (Å²) in [4.78, 5) is 31.1. The van der Waals surface area contributed by atoms with Gasteiger partial charge >= 0.3 is 0 Å². The molecule has 7 heteroatoms. The predicted octanol–water partition coefficient (Wildman–Crippen LogP) is 2.42. The van der Waals surface area contributed by atoms with Crippen LogP contribution >= 0.6 is 11.3 Å². The number of aryl methyl sites for hydroxylation is 2. The number of nitrogens with one attached hydrogen (secondary N) is 1. The number of nitrogens with zero attached hydrogens (tertiary/aromatic N) is 3. The fourth-order valence-corrected chi connectivity index (χ4v) is 4.25. The molecule has 1 amide bonds. The molecular formula is C17H20N4O2S. The van der Waals surface area contributed by atoms with Crippen LogP contribution in [0.25, 0.3) is 10.2 Å². The maximum Gasteiger partial charge on any atom is 0.262 e. The number of carbonyl (C=O) groups is 1. The second kappa shape index (κ2) is 6.36. The zero-order chi connectivity index (χ0) is 17.3. The zero-order valence-electron chi connectivity index (χ0n) is 13.9. The van der Waals surface area contributed by atoms with E-state index in [1.54, 1.807) is 0 Å². The Morgan fingerprint density at radius 1 is 1.42 bits per heavy atom. The number of aromatic nitrogens is 2. The molecule has 2 heterocycles. The summed E-state index contributed by atoms with van der Waals surface area (Å²) in [6.07, 6.45) is 5.73. The number of hydrogen-bond donors (Lipinski definition) is 1. The normalized spacial score (nSPS) is 16.7. The van der Waals surface area contributed by atoms with Crippen molar-refractivity contribution in [2.24, 2.45) is 0 Å². The number of fused-ring (bicyclic) bond motifs is 1. The van der Waals surface area contributed by atoms with Crippen LogP contribution in [0, 0.1) is 25.2 Å². The Bertz CT molecular complexity index is 884. The number of amides is 1. The molecule has 6 nitrogen and oxygen atoms in total. The summed E-state index contributed by atoms with van der Waals surface area (Å²) < 4.78 is 1.32. The highest BCUT2D eigenvalue weighted by Crippen LogP contribution is 2.28. The first-order chi connectivity index (χ1) is 11.5. The van der Waals surface area contributed by atoms with Gasteiger partial charge in [0.05, 0.1) is 17.8 Å². The fourth-order valence-electron chi connectivity index (χ4n) is 3.26. The Kier molecular flexibility index (Phi) is 4.41. The predicted molar refractivity (Wildman–Crippen MR) is 92.9 cm³/mol.